The zero-order chi connectivity index (χ0) is 12.8. The Morgan fingerprint density at radius 3 is 2.72 bits per heavy atom. The van der Waals surface area contributed by atoms with E-state index in [9.17, 15) is 0 Å². The summed E-state index contributed by atoms with van der Waals surface area (Å²) >= 11 is 0. The second-order valence-electron chi connectivity index (χ2n) is 5.72. The van der Waals surface area contributed by atoms with Gasteiger partial charge in [0, 0.05) is 23.9 Å². The van der Waals surface area contributed by atoms with Crippen LogP contribution in [0.3, 0.4) is 0 Å². The van der Waals surface area contributed by atoms with Gasteiger partial charge in [0.2, 0.25) is 5.58 Å². The van der Waals surface area contributed by atoms with Gasteiger partial charge in [-0.15, -0.1) is 0 Å². The van der Waals surface area contributed by atoms with Crippen molar-refractivity contribution in [2.45, 2.75) is 50.9 Å². The Kier molecular flexibility index (Phi) is 2.70. The molecule has 0 radical (unpaired) electrons. The van der Waals surface area contributed by atoms with Crippen LogP contribution in [-0.2, 0) is 5.41 Å². The molecule has 2 aromatic rings. The second-order valence-corrected chi connectivity index (χ2v) is 5.72. The van der Waals surface area contributed by atoms with Crippen molar-refractivity contribution in [2.24, 2.45) is 5.73 Å². The van der Waals surface area contributed by atoms with E-state index < -0.39 is 0 Å². The highest BCUT2D eigenvalue weighted by Crippen LogP contribution is 2.43. The van der Waals surface area contributed by atoms with Gasteiger partial charge in [0.25, 0.3) is 0 Å². The molecule has 4 nitrogen and oxygen atoms in total. The Morgan fingerprint density at radius 1 is 1.39 bits per heavy atom. The number of furan rings is 1. The Bertz CT molecular complexity index is 547. The number of rotatable bonds is 3. The number of nitrogens with two attached hydrogens (primary N) is 1. The normalized spacial score (nSPS) is 19.1. The van der Waals surface area contributed by atoms with Crippen LogP contribution in [0.1, 0.15) is 56.9 Å². The molecule has 2 aromatic heterocycles. The van der Waals surface area contributed by atoms with Crippen LogP contribution in [0.25, 0.3) is 11.2 Å². The van der Waals surface area contributed by atoms with E-state index in [1.165, 1.54) is 12.8 Å². The highest BCUT2D eigenvalue weighted by Gasteiger charge is 2.40. The average Bonchev–Trinajstić information content (AvgIpc) is 3.03. The first kappa shape index (κ1) is 11.8. The van der Waals surface area contributed by atoms with Gasteiger partial charge in [-0.2, -0.15) is 0 Å². The quantitative estimate of drug-likeness (QED) is 0.905. The van der Waals surface area contributed by atoms with Gasteiger partial charge in [-0.3, -0.25) is 0 Å². The van der Waals surface area contributed by atoms with Crippen LogP contribution >= 0.6 is 0 Å². The molecule has 0 aromatic carbocycles. The van der Waals surface area contributed by atoms with Crippen LogP contribution in [0.2, 0.25) is 0 Å². The van der Waals surface area contributed by atoms with E-state index in [1.54, 1.807) is 0 Å². The van der Waals surface area contributed by atoms with Gasteiger partial charge in [0.15, 0.2) is 5.58 Å². The predicted molar refractivity (Wildman–Crippen MR) is 69.6 cm³/mol. The molecule has 0 saturated heterocycles. The van der Waals surface area contributed by atoms with Crippen molar-refractivity contribution in [1.82, 2.24) is 5.16 Å². The smallest absolute Gasteiger partial charge is 0.205 e. The fraction of sp³-hybridized carbons (Fsp3) is 0.643. The summed E-state index contributed by atoms with van der Waals surface area (Å²) in [5, 5.41) is 4.23. The Labute approximate surface area is 106 Å². The Hall–Kier alpha value is -1.29. The van der Waals surface area contributed by atoms with Crippen LogP contribution in [0.15, 0.2) is 15.0 Å². The lowest BCUT2D eigenvalue weighted by Gasteiger charge is -2.23. The Balaban J connectivity index is 2.11. The topological polar surface area (TPSA) is 65.2 Å². The third-order valence-corrected chi connectivity index (χ3v) is 4.19. The minimum absolute atomic E-state index is 0.0304. The van der Waals surface area contributed by atoms with Crippen molar-refractivity contribution in [1.29, 1.82) is 0 Å². The first-order chi connectivity index (χ1) is 8.66. The van der Waals surface area contributed by atoms with E-state index in [0.717, 1.165) is 35.5 Å². The summed E-state index contributed by atoms with van der Waals surface area (Å²) in [6.07, 6.45) is 4.60. The monoisotopic (exact) mass is 248 g/mol. The molecule has 0 atom stereocenters. The second kappa shape index (κ2) is 4.12. The molecule has 1 aliphatic rings. The Morgan fingerprint density at radius 2 is 2.11 bits per heavy atom. The van der Waals surface area contributed by atoms with Crippen molar-refractivity contribution >= 4 is 11.2 Å². The molecule has 2 N–H and O–H groups in total. The molecule has 3 rings (SSSR count). The van der Waals surface area contributed by atoms with Crippen LogP contribution in [-0.4, -0.2) is 11.7 Å². The molecule has 0 spiro atoms. The summed E-state index contributed by atoms with van der Waals surface area (Å²) in [5.41, 5.74) is 8.47. The van der Waals surface area contributed by atoms with Gasteiger partial charge in [0.1, 0.15) is 11.5 Å². The minimum Gasteiger partial charge on any atom is -0.455 e. The first-order valence-electron chi connectivity index (χ1n) is 6.76. The molecule has 0 amide bonds. The maximum Gasteiger partial charge on any atom is 0.205 e. The fourth-order valence-electron chi connectivity index (χ4n) is 2.97. The van der Waals surface area contributed by atoms with Gasteiger partial charge >= 0.3 is 0 Å². The van der Waals surface area contributed by atoms with Crippen molar-refractivity contribution < 1.29 is 8.94 Å². The van der Waals surface area contributed by atoms with Gasteiger partial charge < -0.3 is 14.7 Å². The summed E-state index contributed by atoms with van der Waals surface area (Å²) in [4.78, 5) is 0. The molecule has 0 unspecified atom stereocenters. The van der Waals surface area contributed by atoms with Gasteiger partial charge in [0.05, 0.1) is 0 Å². The average molecular weight is 248 g/mol. The van der Waals surface area contributed by atoms with Crippen LogP contribution < -0.4 is 5.73 Å². The van der Waals surface area contributed by atoms with Crippen LogP contribution in [0.5, 0.6) is 0 Å². The highest BCUT2D eigenvalue weighted by atomic mass is 16.5. The molecule has 0 aliphatic heterocycles. The van der Waals surface area contributed by atoms with Crippen molar-refractivity contribution in [3.63, 3.8) is 0 Å². The largest absolute Gasteiger partial charge is 0.455 e. The minimum atomic E-state index is -0.0304. The molecule has 1 aliphatic carbocycles. The maximum absolute atomic E-state index is 5.99. The molecule has 2 heterocycles. The summed E-state index contributed by atoms with van der Waals surface area (Å²) in [7, 11) is 0. The summed E-state index contributed by atoms with van der Waals surface area (Å²) < 4.78 is 11.3. The fourth-order valence-corrected chi connectivity index (χ4v) is 2.97. The maximum atomic E-state index is 5.99. The number of hydrogen-bond acceptors (Lipinski definition) is 4. The van der Waals surface area contributed by atoms with Crippen molar-refractivity contribution in [3.05, 3.63) is 17.5 Å². The van der Waals surface area contributed by atoms with Gasteiger partial charge in [-0.1, -0.05) is 31.8 Å². The summed E-state index contributed by atoms with van der Waals surface area (Å²) in [6, 6.07) is 1.95. The zero-order valence-electron chi connectivity index (χ0n) is 11.0. The van der Waals surface area contributed by atoms with Crippen molar-refractivity contribution in [3.8, 4) is 0 Å². The standard InChI is InChI=1S/C14H20N2O2/c1-9(2)10-7-11-12(17-10)13(16-18-11)14(8-15)5-3-4-6-14/h7,9H,3-6,8,15H2,1-2H3. The molecule has 4 heteroatoms. The van der Waals surface area contributed by atoms with Crippen LogP contribution in [0, 0.1) is 0 Å². The molecule has 1 saturated carbocycles. The number of nitrogens with zero attached hydrogens (tertiary/aromatic N) is 1. The number of fused-ring (bicyclic) bond motifs is 1. The number of aromatic nitrogens is 1. The molecular weight excluding hydrogens is 228 g/mol. The molecule has 0 bridgehead atoms. The molecule has 1 fully saturated rings. The van der Waals surface area contributed by atoms with Crippen LogP contribution in [0.4, 0.5) is 0 Å². The van der Waals surface area contributed by atoms with E-state index in [4.69, 9.17) is 14.7 Å². The van der Waals surface area contributed by atoms with Gasteiger partial charge in [-0.25, -0.2) is 0 Å². The SMILES string of the molecule is CC(C)c1cc2onc(C3(CN)CCCC3)c2o1. The lowest BCUT2D eigenvalue weighted by Crippen LogP contribution is -2.32. The predicted octanol–water partition coefficient (Wildman–Crippen LogP) is 3.31. The highest BCUT2D eigenvalue weighted by molar-refractivity contribution is 5.75. The number of hydrogen-bond donors (Lipinski definition) is 1. The van der Waals surface area contributed by atoms with Gasteiger partial charge in [-0.05, 0) is 12.8 Å². The van der Waals surface area contributed by atoms with E-state index in [-0.39, 0.29) is 5.41 Å². The van der Waals surface area contributed by atoms with E-state index in [1.807, 2.05) is 6.07 Å². The lowest BCUT2D eigenvalue weighted by molar-refractivity contribution is 0.377. The lowest BCUT2D eigenvalue weighted by atomic mass is 9.82. The summed E-state index contributed by atoms with van der Waals surface area (Å²) in [6.45, 7) is 4.84. The third-order valence-electron chi connectivity index (χ3n) is 4.19. The van der Waals surface area contributed by atoms with Crippen molar-refractivity contribution in [2.75, 3.05) is 6.54 Å². The summed E-state index contributed by atoms with van der Waals surface area (Å²) in [5.74, 6) is 1.32. The van der Waals surface area contributed by atoms with E-state index in [0.29, 0.717) is 12.5 Å². The molecule has 18 heavy (non-hydrogen) atoms. The van der Waals surface area contributed by atoms with E-state index in [2.05, 4.69) is 19.0 Å². The third kappa shape index (κ3) is 1.59. The van der Waals surface area contributed by atoms with E-state index >= 15 is 0 Å². The molecular formula is C14H20N2O2. The molecule has 98 valence electrons. The zero-order valence-corrected chi connectivity index (χ0v) is 11.0. The first-order valence-corrected chi connectivity index (χ1v) is 6.76.